The van der Waals surface area contributed by atoms with Gasteiger partial charge in [0.05, 0.1) is 6.61 Å². The third-order valence-electron chi connectivity index (χ3n) is 2.19. The van der Waals surface area contributed by atoms with Gasteiger partial charge < -0.3 is 4.74 Å². The Kier molecular flexibility index (Phi) is 3.34. The molecule has 1 aliphatic rings. The van der Waals surface area contributed by atoms with Crippen molar-refractivity contribution < 1.29 is 17.3 Å². The van der Waals surface area contributed by atoms with Gasteiger partial charge in [-0.25, -0.2) is 0 Å². The Hall–Kier alpha value is -0.390. The first-order chi connectivity index (χ1) is 6.34. The minimum atomic E-state index is -3.43. The molecule has 1 heterocycles. The van der Waals surface area contributed by atoms with Crippen LogP contribution in [0.3, 0.4) is 0 Å². The molecule has 1 aliphatic heterocycles. The Labute approximate surface area is 85.0 Å². The molecule has 0 aromatic heterocycles. The first-order valence-electron chi connectivity index (χ1n) is 4.52. The molecule has 14 heavy (non-hydrogen) atoms. The van der Waals surface area contributed by atoms with Crippen LogP contribution >= 0.6 is 0 Å². The summed E-state index contributed by atoms with van der Waals surface area (Å²) in [5.41, 5.74) is 0.869. The van der Waals surface area contributed by atoms with Crippen LogP contribution in [0.2, 0.25) is 0 Å². The summed E-state index contributed by atoms with van der Waals surface area (Å²) in [4.78, 5) is 0. The van der Waals surface area contributed by atoms with Crippen LogP contribution in [0.5, 0.6) is 0 Å². The van der Waals surface area contributed by atoms with Crippen molar-refractivity contribution in [3.8, 4) is 0 Å². The van der Waals surface area contributed by atoms with E-state index in [9.17, 15) is 8.42 Å². The zero-order valence-corrected chi connectivity index (χ0v) is 9.50. The summed E-state index contributed by atoms with van der Waals surface area (Å²) in [5, 5.41) is -0.600. The highest BCUT2D eigenvalue weighted by Gasteiger charge is 2.44. The highest BCUT2D eigenvalue weighted by atomic mass is 32.2. The smallest absolute Gasteiger partial charge is 0.272 e. The number of rotatable bonds is 3. The summed E-state index contributed by atoms with van der Waals surface area (Å²) >= 11 is 0. The van der Waals surface area contributed by atoms with Crippen LogP contribution in [0.25, 0.3) is 0 Å². The molecule has 0 bridgehead atoms. The van der Waals surface area contributed by atoms with Gasteiger partial charge >= 0.3 is 0 Å². The van der Waals surface area contributed by atoms with Crippen molar-refractivity contribution in [3.05, 3.63) is 12.2 Å². The molecular weight excluding hydrogens is 204 g/mol. The quantitative estimate of drug-likeness (QED) is 0.527. The van der Waals surface area contributed by atoms with Gasteiger partial charge in [0, 0.05) is 0 Å². The Morgan fingerprint density at radius 2 is 2.07 bits per heavy atom. The maximum Gasteiger partial charge on any atom is 0.272 e. The van der Waals surface area contributed by atoms with E-state index in [0.29, 0.717) is 6.61 Å². The molecule has 4 nitrogen and oxygen atoms in total. The van der Waals surface area contributed by atoms with E-state index < -0.39 is 27.6 Å². The molecule has 0 N–H and O–H groups in total. The summed E-state index contributed by atoms with van der Waals surface area (Å²) in [5.74, 6) is 0. The third kappa shape index (κ3) is 2.34. The van der Waals surface area contributed by atoms with Crippen LogP contribution in [0.1, 0.15) is 20.8 Å². The lowest BCUT2D eigenvalue weighted by molar-refractivity contribution is 0.0183. The Morgan fingerprint density at radius 1 is 1.50 bits per heavy atom. The van der Waals surface area contributed by atoms with Crippen molar-refractivity contribution in [1.82, 2.24) is 0 Å². The van der Waals surface area contributed by atoms with Crippen molar-refractivity contribution in [2.24, 2.45) is 0 Å². The zero-order chi connectivity index (χ0) is 10.9. The first kappa shape index (κ1) is 11.7. The van der Waals surface area contributed by atoms with Crippen LogP contribution in [0.4, 0.5) is 0 Å². The summed E-state index contributed by atoms with van der Waals surface area (Å²) in [6.45, 7) is 9.19. The zero-order valence-electron chi connectivity index (χ0n) is 8.69. The van der Waals surface area contributed by atoms with Crippen LogP contribution in [0.15, 0.2) is 12.2 Å². The molecule has 0 aliphatic carbocycles. The van der Waals surface area contributed by atoms with E-state index >= 15 is 0 Å². The Balaban J connectivity index is 2.66. The van der Waals surface area contributed by atoms with Gasteiger partial charge in [-0.1, -0.05) is 12.2 Å². The van der Waals surface area contributed by atoms with Gasteiger partial charge in [-0.3, -0.25) is 4.18 Å². The van der Waals surface area contributed by atoms with Crippen molar-refractivity contribution in [1.29, 1.82) is 0 Å². The van der Waals surface area contributed by atoms with E-state index in [4.69, 9.17) is 8.92 Å². The standard InChI is InChI=1S/C9H16O4S/c1-6(2)5-12-9-7(3)13-14(10,11)8(9)4/h7-9H,1,5H2,2-4H3. The predicted octanol–water partition coefficient (Wildman–Crippen LogP) is 1.08. The molecule has 5 heteroatoms. The van der Waals surface area contributed by atoms with Gasteiger partial charge in [0.15, 0.2) is 0 Å². The molecule has 0 saturated carbocycles. The Morgan fingerprint density at radius 3 is 2.43 bits per heavy atom. The number of hydrogen-bond acceptors (Lipinski definition) is 4. The molecule has 82 valence electrons. The molecule has 0 amide bonds. The SMILES string of the molecule is C=C(C)COC1C(C)OS(=O)(=O)C1C. The Bertz CT molecular complexity index is 320. The molecule has 1 saturated heterocycles. The topological polar surface area (TPSA) is 52.6 Å². The lowest BCUT2D eigenvalue weighted by Gasteiger charge is -2.16. The highest BCUT2D eigenvalue weighted by molar-refractivity contribution is 7.87. The second-order valence-electron chi connectivity index (χ2n) is 3.73. The lowest BCUT2D eigenvalue weighted by Crippen LogP contribution is -2.31. The molecule has 3 unspecified atom stereocenters. The summed E-state index contributed by atoms with van der Waals surface area (Å²) < 4.78 is 32.8. The van der Waals surface area contributed by atoms with Crippen molar-refractivity contribution in [2.75, 3.05) is 6.61 Å². The average Bonchev–Trinajstić information content (AvgIpc) is 2.19. The number of ether oxygens (including phenoxy) is 1. The van der Waals surface area contributed by atoms with E-state index in [0.717, 1.165) is 5.57 Å². The summed E-state index contributed by atoms with van der Waals surface area (Å²) in [7, 11) is -3.43. The van der Waals surface area contributed by atoms with Gasteiger partial charge in [-0.2, -0.15) is 8.42 Å². The van der Waals surface area contributed by atoms with Gasteiger partial charge in [-0.15, -0.1) is 0 Å². The minimum Gasteiger partial charge on any atom is -0.370 e. The predicted molar refractivity (Wildman–Crippen MR) is 53.5 cm³/mol. The van der Waals surface area contributed by atoms with Gasteiger partial charge in [0.1, 0.15) is 17.5 Å². The van der Waals surface area contributed by atoms with Crippen LogP contribution < -0.4 is 0 Å². The second-order valence-corrected chi connectivity index (χ2v) is 5.65. The minimum absolute atomic E-state index is 0.373. The van der Waals surface area contributed by atoms with Gasteiger partial charge in [-0.05, 0) is 20.8 Å². The van der Waals surface area contributed by atoms with E-state index in [-0.39, 0.29) is 0 Å². The molecule has 1 rings (SSSR count). The maximum atomic E-state index is 11.3. The van der Waals surface area contributed by atoms with Crippen molar-refractivity contribution >= 4 is 10.1 Å². The third-order valence-corrected chi connectivity index (χ3v) is 3.94. The summed E-state index contributed by atoms with van der Waals surface area (Å²) in [6, 6.07) is 0. The van der Waals surface area contributed by atoms with Gasteiger partial charge in [0.25, 0.3) is 10.1 Å². The van der Waals surface area contributed by atoms with E-state index in [1.54, 1.807) is 13.8 Å². The molecule has 3 atom stereocenters. The molecule has 0 aromatic carbocycles. The fourth-order valence-corrected chi connectivity index (χ4v) is 2.75. The average molecular weight is 220 g/mol. The fraction of sp³-hybridized carbons (Fsp3) is 0.778. The van der Waals surface area contributed by atoms with E-state index in [1.807, 2.05) is 6.92 Å². The molecular formula is C9H16O4S. The van der Waals surface area contributed by atoms with Crippen LogP contribution in [-0.4, -0.2) is 32.5 Å². The van der Waals surface area contributed by atoms with E-state index in [1.165, 1.54) is 0 Å². The van der Waals surface area contributed by atoms with Gasteiger partial charge in [0.2, 0.25) is 0 Å². The molecule has 0 spiro atoms. The lowest BCUT2D eigenvalue weighted by atomic mass is 10.2. The van der Waals surface area contributed by atoms with Crippen LogP contribution in [0, 0.1) is 0 Å². The highest BCUT2D eigenvalue weighted by Crippen LogP contribution is 2.26. The van der Waals surface area contributed by atoms with Crippen LogP contribution in [-0.2, 0) is 19.0 Å². The number of hydrogen-bond donors (Lipinski definition) is 0. The first-order valence-corrected chi connectivity index (χ1v) is 6.00. The normalized spacial score (nSPS) is 35.8. The van der Waals surface area contributed by atoms with Crippen molar-refractivity contribution in [3.63, 3.8) is 0 Å². The molecule has 0 aromatic rings. The largest absolute Gasteiger partial charge is 0.370 e. The molecule has 0 radical (unpaired) electrons. The molecule has 1 fully saturated rings. The summed E-state index contributed by atoms with van der Waals surface area (Å²) in [6.07, 6.45) is -0.800. The van der Waals surface area contributed by atoms with E-state index in [2.05, 4.69) is 6.58 Å². The maximum absolute atomic E-state index is 11.3. The monoisotopic (exact) mass is 220 g/mol. The fourth-order valence-electron chi connectivity index (χ4n) is 1.41. The van der Waals surface area contributed by atoms with Crippen molar-refractivity contribution in [2.45, 2.75) is 38.2 Å². The second kappa shape index (κ2) is 4.00.